The summed E-state index contributed by atoms with van der Waals surface area (Å²) in [4.78, 5) is 11.8. The molecular weight excluding hydrogens is 224 g/mol. The second kappa shape index (κ2) is 7.50. The lowest BCUT2D eigenvalue weighted by Crippen LogP contribution is -2.21. The molecular formula is C15H20N2O. The summed E-state index contributed by atoms with van der Waals surface area (Å²) in [5, 5.41) is 11.7. The summed E-state index contributed by atoms with van der Waals surface area (Å²) in [5.41, 5.74) is 2.03. The lowest BCUT2D eigenvalue weighted by molar-refractivity contribution is -0.118. The van der Waals surface area contributed by atoms with Gasteiger partial charge in [-0.3, -0.25) is 4.79 Å². The Labute approximate surface area is 109 Å². The molecule has 0 aliphatic heterocycles. The van der Waals surface area contributed by atoms with Crippen LogP contribution in [0.15, 0.2) is 24.3 Å². The van der Waals surface area contributed by atoms with Gasteiger partial charge in [-0.25, -0.2) is 0 Å². The monoisotopic (exact) mass is 244 g/mol. The highest BCUT2D eigenvalue weighted by atomic mass is 16.1. The molecule has 1 rings (SSSR count). The van der Waals surface area contributed by atoms with Crippen molar-refractivity contribution >= 4 is 11.6 Å². The van der Waals surface area contributed by atoms with Crippen molar-refractivity contribution in [3.8, 4) is 6.07 Å². The van der Waals surface area contributed by atoms with Gasteiger partial charge in [0.2, 0.25) is 5.91 Å². The molecule has 0 aromatic heterocycles. The molecule has 3 heteroatoms. The maximum absolute atomic E-state index is 11.8. The number of carbonyl (C=O) groups excluding carboxylic acids is 1. The van der Waals surface area contributed by atoms with Gasteiger partial charge < -0.3 is 5.32 Å². The van der Waals surface area contributed by atoms with Crippen LogP contribution in [0.5, 0.6) is 0 Å². The van der Waals surface area contributed by atoms with Crippen molar-refractivity contribution in [2.24, 2.45) is 5.92 Å². The fourth-order valence-electron chi connectivity index (χ4n) is 1.82. The van der Waals surface area contributed by atoms with Crippen molar-refractivity contribution in [2.75, 3.05) is 5.32 Å². The van der Waals surface area contributed by atoms with Gasteiger partial charge in [0.15, 0.2) is 0 Å². The molecule has 1 amide bonds. The lowest BCUT2D eigenvalue weighted by atomic mass is 10.0. The van der Waals surface area contributed by atoms with Gasteiger partial charge in [0.05, 0.1) is 6.07 Å². The highest BCUT2D eigenvalue weighted by Crippen LogP contribution is 2.13. The van der Waals surface area contributed by atoms with Crippen molar-refractivity contribution in [2.45, 2.75) is 39.5 Å². The largest absolute Gasteiger partial charge is 0.325 e. The standard InChI is InChI=1S/C15H20N2O/c1-3-5-12-7-9-14(10-8-12)17-15(18)13(11-16)6-4-2/h7-10,13H,3-6H2,1-2H3,(H,17,18). The summed E-state index contributed by atoms with van der Waals surface area (Å²) >= 11 is 0. The van der Waals surface area contributed by atoms with E-state index in [2.05, 4.69) is 12.2 Å². The van der Waals surface area contributed by atoms with Crippen molar-refractivity contribution in [3.63, 3.8) is 0 Å². The Balaban J connectivity index is 2.61. The van der Waals surface area contributed by atoms with Crippen LogP contribution in [0.2, 0.25) is 0 Å². The van der Waals surface area contributed by atoms with Gasteiger partial charge in [-0.15, -0.1) is 0 Å². The molecule has 1 unspecified atom stereocenters. The number of aryl methyl sites for hydroxylation is 1. The van der Waals surface area contributed by atoms with E-state index >= 15 is 0 Å². The number of carbonyl (C=O) groups is 1. The van der Waals surface area contributed by atoms with Crippen molar-refractivity contribution in [3.05, 3.63) is 29.8 Å². The number of amides is 1. The van der Waals surface area contributed by atoms with Crippen LogP contribution in [0.4, 0.5) is 5.69 Å². The number of anilines is 1. The third-order valence-corrected chi connectivity index (χ3v) is 2.81. The van der Waals surface area contributed by atoms with Crippen molar-refractivity contribution < 1.29 is 4.79 Å². The quantitative estimate of drug-likeness (QED) is 0.832. The second-order valence-corrected chi connectivity index (χ2v) is 4.41. The normalized spacial score (nSPS) is 11.6. The van der Waals surface area contributed by atoms with E-state index in [-0.39, 0.29) is 5.91 Å². The van der Waals surface area contributed by atoms with E-state index in [1.807, 2.05) is 37.3 Å². The Morgan fingerprint density at radius 1 is 1.28 bits per heavy atom. The summed E-state index contributed by atoms with van der Waals surface area (Å²) in [6, 6.07) is 9.86. The first-order valence-corrected chi connectivity index (χ1v) is 6.50. The van der Waals surface area contributed by atoms with Crippen LogP contribution in [0.25, 0.3) is 0 Å². The Morgan fingerprint density at radius 3 is 2.44 bits per heavy atom. The molecule has 0 aliphatic rings. The first-order valence-electron chi connectivity index (χ1n) is 6.50. The van der Waals surface area contributed by atoms with Crippen molar-refractivity contribution in [1.82, 2.24) is 0 Å². The summed E-state index contributed by atoms with van der Waals surface area (Å²) in [6.45, 7) is 4.11. The zero-order valence-corrected chi connectivity index (χ0v) is 11.1. The fraction of sp³-hybridized carbons (Fsp3) is 0.467. The molecule has 0 aliphatic carbocycles. The van der Waals surface area contributed by atoms with Gasteiger partial charge in [-0.2, -0.15) is 5.26 Å². The number of rotatable bonds is 6. The lowest BCUT2D eigenvalue weighted by Gasteiger charge is -2.09. The molecule has 3 nitrogen and oxygen atoms in total. The SMILES string of the molecule is CCCc1ccc(NC(=O)C(C#N)CCC)cc1. The van der Waals surface area contributed by atoms with E-state index in [4.69, 9.17) is 5.26 Å². The molecule has 0 bridgehead atoms. The summed E-state index contributed by atoms with van der Waals surface area (Å²) < 4.78 is 0. The minimum Gasteiger partial charge on any atom is -0.325 e. The van der Waals surface area contributed by atoms with Gasteiger partial charge in [0.1, 0.15) is 5.92 Å². The Kier molecular flexibility index (Phi) is 5.93. The first-order chi connectivity index (χ1) is 8.71. The molecule has 1 atom stereocenters. The molecule has 1 aromatic carbocycles. The predicted octanol–water partition coefficient (Wildman–Crippen LogP) is 3.52. The fourth-order valence-corrected chi connectivity index (χ4v) is 1.82. The van der Waals surface area contributed by atoms with E-state index < -0.39 is 5.92 Å². The minimum absolute atomic E-state index is 0.206. The number of hydrogen-bond donors (Lipinski definition) is 1. The van der Waals surface area contributed by atoms with E-state index in [0.29, 0.717) is 6.42 Å². The zero-order chi connectivity index (χ0) is 13.4. The number of hydrogen-bond acceptors (Lipinski definition) is 2. The Bertz CT molecular complexity index is 417. The summed E-state index contributed by atoms with van der Waals surface area (Å²) in [6.07, 6.45) is 3.60. The van der Waals surface area contributed by atoms with Crippen LogP contribution in [-0.4, -0.2) is 5.91 Å². The van der Waals surface area contributed by atoms with Gasteiger partial charge in [-0.05, 0) is 30.5 Å². The predicted molar refractivity (Wildman–Crippen MR) is 73.1 cm³/mol. The highest BCUT2D eigenvalue weighted by Gasteiger charge is 2.16. The highest BCUT2D eigenvalue weighted by molar-refractivity contribution is 5.94. The third kappa shape index (κ3) is 4.21. The van der Waals surface area contributed by atoms with Crippen LogP contribution in [0.3, 0.4) is 0 Å². The second-order valence-electron chi connectivity index (χ2n) is 4.41. The van der Waals surface area contributed by atoms with E-state index in [1.165, 1.54) is 5.56 Å². The summed E-state index contributed by atoms with van der Waals surface area (Å²) in [7, 11) is 0. The molecule has 0 saturated heterocycles. The van der Waals surface area contributed by atoms with Crippen LogP contribution in [0, 0.1) is 17.2 Å². The minimum atomic E-state index is -0.551. The van der Waals surface area contributed by atoms with Crippen LogP contribution >= 0.6 is 0 Å². The zero-order valence-electron chi connectivity index (χ0n) is 11.1. The van der Waals surface area contributed by atoms with Gasteiger partial charge in [0, 0.05) is 5.69 Å². The molecule has 0 spiro atoms. The van der Waals surface area contributed by atoms with E-state index in [0.717, 1.165) is 24.9 Å². The van der Waals surface area contributed by atoms with E-state index in [1.54, 1.807) is 0 Å². The molecule has 96 valence electrons. The number of nitriles is 1. The Morgan fingerprint density at radius 2 is 1.94 bits per heavy atom. The van der Waals surface area contributed by atoms with Gasteiger partial charge in [0.25, 0.3) is 0 Å². The van der Waals surface area contributed by atoms with E-state index in [9.17, 15) is 4.79 Å². The molecule has 1 aromatic rings. The smallest absolute Gasteiger partial charge is 0.241 e. The topological polar surface area (TPSA) is 52.9 Å². The molecule has 0 saturated carbocycles. The maximum Gasteiger partial charge on any atom is 0.241 e. The molecule has 18 heavy (non-hydrogen) atoms. The molecule has 0 fully saturated rings. The number of nitrogens with one attached hydrogen (secondary N) is 1. The maximum atomic E-state index is 11.8. The van der Waals surface area contributed by atoms with Gasteiger partial charge >= 0.3 is 0 Å². The number of benzene rings is 1. The van der Waals surface area contributed by atoms with Crippen LogP contribution < -0.4 is 5.32 Å². The van der Waals surface area contributed by atoms with Crippen LogP contribution in [0.1, 0.15) is 38.7 Å². The molecule has 0 radical (unpaired) electrons. The third-order valence-electron chi connectivity index (χ3n) is 2.81. The molecule has 1 N–H and O–H groups in total. The van der Waals surface area contributed by atoms with Crippen molar-refractivity contribution in [1.29, 1.82) is 5.26 Å². The summed E-state index contributed by atoms with van der Waals surface area (Å²) in [5.74, 6) is -0.757. The van der Waals surface area contributed by atoms with Crippen LogP contribution in [-0.2, 0) is 11.2 Å². The first kappa shape index (κ1) is 14.2. The Hall–Kier alpha value is -1.82. The van der Waals surface area contributed by atoms with Gasteiger partial charge in [-0.1, -0.05) is 38.8 Å². The average molecular weight is 244 g/mol. The molecule has 0 heterocycles. The number of nitrogens with zero attached hydrogens (tertiary/aromatic N) is 1. The average Bonchev–Trinajstić information content (AvgIpc) is 2.38.